The van der Waals surface area contributed by atoms with Gasteiger partial charge in [-0.1, -0.05) is 31.2 Å². The van der Waals surface area contributed by atoms with E-state index in [9.17, 15) is 9.59 Å². The molecule has 3 heterocycles. The van der Waals surface area contributed by atoms with Crippen LogP contribution in [0.2, 0.25) is 0 Å². The highest BCUT2D eigenvalue weighted by Crippen LogP contribution is 2.38. The lowest BCUT2D eigenvalue weighted by atomic mass is 9.90. The molecule has 1 saturated heterocycles. The molecular weight excluding hydrogens is 406 g/mol. The second kappa shape index (κ2) is 9.96. The zero-order valence-electron chi connectivity index (χ0n) is 18.7. The van der Waals surface area contributed by atoms with Crippen LogP contribution in [-0.2, 0) is 16.0 Å². The number of rotatable bonds is 5. The summed E-state index contributed by atoms with van der Waals surface area (Å²) in [4.78, 5) is 33.3. The normalized spacial score (nSPS) is 19.7. The molecule has 2 amide bonds. The second-order valence-corrected chi connectivity index (χ2v) is 9.64. The Hall–Kier alpha value is -2.18. The van der Waals surface area contributed by atoms with Gasteiger partial charge in [0.1, 0.15) is 0 Å². The van der Waals surface area contributed by atoms with Crippen molar-refractivity contribution in [2.75, 3.05) is 39.3 Å². The van der Waals surface area contributed by atoms with E-state index in [1.54, 1.807) is 0 Å². The maximum Gasteiger partial charge on any atom is 0.236 e. The quantitative estimate of drug-likeness (QED) is 0.711. The highest BCUT2D eigenvalue weighted by Gasteiger charge is 2.33. The summed E-state index contributed by atoms with van der Waals surface area (Å²) in [6.07, 6.45) is 3.33. The van der Waals surface area contributed by atoms with Crippen molar-refractivity contribution < 1.29 is 9.59 Å². The van der Waals surface area contributed by atoms with Crippen LogP contribution in [0.25, 0.3) is 0 Å². The molecule has 1 aromatic carbocycles. The Balaban J connectivity index is 1.48. The summed E-state index contributed by atoms with van der Waals surface area (Å²) in [6.45, 7) is 8.31. The number of nitrogens with zero attached hydrogens (tertiary/aromatic N) is 3. The maximum atomic E-state index is 13.3. The summed E-state index contributed by atoms with van der Waals surface area (Å²) in [7, 11) is 0. The van der Waals surface area contributed by atoms with Gasteiger partial charge in [0.2, 0.25) is 11.8 Å². The standard InChI is InChI=1S/C25H33N3O2S/c1-3-7-23(29)26-12-6-13-27(16-15-26)24(30)18-28-14-10-22-21(11-17-31-22)25(28)20-9-5-4-8-19(20)2/h4-5,8-9,11,17,25H,3,6-7,10,12-16,18H2,1-2H3/t25-/m1/s1. The number of aryl methyl sites for hydroxylation is 1. The van der Waals surface area contributed by atoms with E-state index >= 15 is 0 Å². The Bertz CT molecular complexity index is 925. The van der Waals surface area contributed by atoms with Gasteiger partial charge in [-0.2, -0.15) is 0 Å². The SMILES string of the molecule is CCCC(=O)N1CCCN(C(=O)CN2CCc3sccc3[C@H]2c2ccccc2C)CC1. The minimum atomic E-state index is 0.134. The summed E-state index contributed by atoms with van der Waals surface area (Å²) in [6, 6.07) is 10.9. The van der Waals surface area contributed by atoms with Crippen LogP contribution in [0.5, 0.6) is 0 Å². The van der Waals surface area contributed by atoms with Gasteiger partial charge in [0.15, 0.2) is 0 Å². The molecule has 0 spiro atoms. The van der Waals surface area contributed by atoms with Crippen LogP contribution in [-0.4, -0.2) is 65.8 Å². The van der Waals surface area contributed by atoms with Crippen molar-refractivity contribution in [1.82, 2.24) is 14.7 Å². The smallest absolute Gasteiger partial charge is 0.236 e. The van der Waals surface area contributed by atoms with Gasteiger partial charge in [0.25, 0.3) is 0 Å². The molecule has 0 N–H and O–H groups in total. The molecule has 1 aromatic heterocycles. The van der Waals surface area contributed by atoms with Gasteiger partial charge < -0.3 is 9.80 Å². The van der Waals surface area contributed by atoms with Crippen LogP contribution in [0.1, 0.15) is 53.8 Å². The molecule has 0 unspecified atom stereocenters. The highest BCUT2D eigenvalue weighted by molar-refractivity contribution is 7.10. The predicted molar refractivity (Wildman–Crippen MR) is 125 cm³/mol. The van der Waals surface area contributed by atoms with E-state index in [0.717, 1.165) is 38.9 Å². The number of fused-ring (bicyclic) bond motifs is 1. The molecule has 166 valence electrons. The fraction of sp³-hybridized carbons (Fsp3) is 0.520. The number of thiophene rings is 1. The lowest BCUT2D eigenvalue weighted by molar-refractivity contribution is -0.134. The van der Waals surface area contributed by atoms with Gasteiger partial charge in [-0.25, -0.2) is 0 Å². The van der Waals surface area contributed by atoms with E-state index in [4.69, 9.17) is 0 Å². The Labute approximate surface area is 189 Å². The van der Waals surface area contributed by atoms with Crippen molar-refractivity contribution >= 4 is 23.2 Å². The van der Waals surface area contributed by atoms with Crippen molar-refractivity contribution in [3.63, 3.8) is 0 Å². The van der Waals surface area contributed by atoms with E-state index in [1.165, 1.54) is 21.6 Å². The topological polar surface area (TPSA) is 43.9 Å². The molecule has 1 fully saturated rings. The largest absolute Gasteiger partial charge is 0.341 e. The first-order valence-electron chi connectivity index (χ1n) is 11.5. The average molecular weight is 440 g/mol. The number of carbonyl (C=O) groups is 2. The van der Waals surface area contributed by atoms with Crippen molar-refractivity contribution in [3.8, 4) is 0 Å². The minimum absolute atomic E-state index is 0.134. The number of hydrogen-bond acceptors (Lipinski definition) is 4. The van der Waals surface area contributed by atoms with E-state index in [0.29, 0.717) is 26.1 Å². The van der Waals surface area contributed by atoms with Crippen LogP contribution in [0.4, 0.5) is 0 Å². The molecule has 0 aliphatic carbocycles. The van der Waals surface area contributed by atoms with Crippen LogP contribution in [0.15, 0.2) is 35.7 Å². The third-order valence-corrected chi connectivity index (χ3v) is 7.55. The lowest BCUT2D eigenvalue weighted by Gasteiger charge is -2.37. The molecule has 2 aromatic rings. The zero-order valence-corrected chi connectivity index (χ0v) is 19.5. The summed E-state index contributed by atoms with van der Waals surface area (Å²) in [5, 5.41) is 2.18. The Morgan fingerprint density at radius 3 is 2.45 bits per heavy atom. The summed E-state index contributed by atoms with van der Waals surface area (Å²) in [5.41, 5.74) is 3.91. The summed E-state index contributed by atoms with van der Waals surface area (Å²) >= 11 is 1.83. The van der Waals surface area contributed by atoms with Crippen LogP contribution in [0, 0.1) is 6.92 Å². The molecule has 2 aliphatic rings. The summed E-state index contributed by atoms with van der Waals surface area (Å²) < 4.78 is 0. The van der Waals surface area contributed by atoms with Crippen LogP contribution < -0.4 is 0 Å². The number of hydrogen-bond donors (Lipinski definition) is 0. The molecule has 2 aliphatic heterocycles. The van der Waals surface area contributed by atoms with Gasteiger partial charge in [-0.05, 0) is 54.3 Å². The molecule has 1 atom stereocenters. The van der Waals surface area contributed by atoms with Crippen molar-refractivity contribution in [1.29, 1.82) is 0 Å². The maximum absolute atomic E-state index is 13.3. The monoisotopic (exact) mass is 439 g/mol. The number of amides is 2. The third kappa shape index (κ3) is 4.85. The van der Waals surface area contributed by atoms with Crippen LogP contribution in [0.3, 0.4) is 0 Å². The molecule has 31 heavy (non-hydrogen) atoms. The molecule has 4 rings (SSSR count). The lowest BCUT2D eigenvalue weighted by Crippen LogP contribution is -2.45. The summed E-state index contributed by atoms with van der Waals surface area (Å²) in [5.74, 6) is 0.402. The van der Waals surface area contributed by atoms with Gasteiger partial charge in [-0.3, -0.25) is 14.5 Å². The van der Waals surface area contributed by atoms with E-state index < -0.39 is 0 Å². The van der Waals surface area contributed by atoms with E-state index in [1.807, 2.05) is 28.1 Å². The number of benzene rings is 1. The van der Waals surface area contributed by atoms with Gasteiger partial charge in [-0.15, -0.1) is 11.3 Å². The van der Waals surface area contributed by atoms with Crippen molar-refractivity contribution in [3.05, 3.63) is 57.3 Å². The van der Waals surface area contributed by atoms with E-state index in [-0.39, 0.29) is 17.9 Å². The Morgan fingerprint density at radius 2 is 1.71 bits per heavy atom. The van der Waals surface area contributed by atoms with Gasteiger partial charge in [0, 0.05) is 44.0 Å². The fourth-order valence-electron chi connectivity index (χ4n) is 4.86. The number of carbonyl (C=O) groups excluding carboxylic acids is 2. The average Bonchev–Trinajstić information content (AvgIpc) is 3.10. The molecule has 0 radical (unpaired) electrons. The van der Waals surface area contributed by atoms with Crippen LogP contribution >= 0.6 is 11.3 Å². The molecule has 0 saturated carbocycles. The predicted octanol–water partition coefficient (Wildman–Crippen LogP) is 3.87. The first-order chi connectivity index (χ1) is 15.1. The fourth-order valence-corrected chi connectivity index (χ4v) is 5.76. The van der Waals surface area contributed by atoms with Gasteiger partial charge >= 0.3 is 0 Å². The van der Waals surface area contributed by atoms with Crippen molar-refractivity contribution in [2.24, 2.45) is 0 Å². The minimum Gasteiger partial charge on any atom is -0.341 e. The third-order valence-electron chi connectivity index (χ3n) is 6.55. The molecule has 6 heteroatoms. The van der Waals surface area contributed by atoms with E-state index in [2.05, 4.69) is 47.5 Å². The molecule has 0 bridgehead atoms. The highest BCUT2D eigenvalue weighted by atomic mass is 32.1. The Kier molecular flexibility index (Phi) is 7.08. The zero-order chi connectivity index (χ0) is 21.8. The van der Waals surface area contributed by atoms with Crippen molar-refractivity contribution in [2.45, 2.75) is 45.6 Å². The first kappa shape index (κ1) is 22.0. The second-order valence-electron chi connectivity index (χ2n) is 8.64. The Morgan fingerprint density at radius 1 is 0.968 bits per heavy atom. The molecular formula is C25H33N3O2S. The van der Waals surface area contributed by atoms with Gasteiger partial charge in [0.05, 0.1) is 12.6 Å². The molecule has 5 nitrogen and oxygen atoms in total. The first-order valence-corrected chi connectivity index (χ1v) is 12.4.